The van der Waals surface area contributed by atoms with Gasteiger partial charge in [0.25, 0.3) is 5.91 Å². The monoisotopic (exact) mass is 408 g/mol. The first kappa shape index (κ1) is 19.9. The van der Waals surface area contributed by atoms with Gasteiger partial charge in [-0.05, 0) is 48.5 Å². The number of carbonyl (C=O) groups excluding carboxylic acids is 1. The number of aromatic nitrogens is 2. The van der Waals surface area contributed by atoms with Crippen LogP contribution in [0.5, 0.6) is 0 Å². The fourth-order valence-electron chi connectivity index (χ4n) is 3.06. The van der Waals surface area contributed by atoms with Crippen molar-refractivity contribution in [2.24, 2.45) is 0 Å². The molecule has 0 aliphatic carbocycles. The third-order valence-electron chi connectivity index (χ3n) is 5.07. The van der Waals surface area contributed by atoms with Crippen molar-refractivity contribution in [3.8, 4) is 0 Å². The number of aryl methyl sites for hydroxylation is 1. The van der Waals surface area contributed by atoms with Gasteiger partial charge in [0.15, 0.2) is 0 Å². The number of carbonyl (C=O) groups is 1. The Kier molecular flexibility index (Phi) is 5.92. The van der Waals surface area contributed by atoms with Crippen molar-refractivity contribution in [3.63, 3.8) is 0 Å². The molecule has 27 heavy (non-hydrogen) atoms. The van der Waals surface area contributed by atoms with Crippen LogP contribution in [0.4, 0.5) is 0 Å². The fraction of sp³-hybridized carbons (Fsp3) is 0.500. The van der Waals surface area contributed by atoms with Gasteiger partial charge in [-0.2, -0.15) is 4.31 Å². The molecule has 1 aromatic heterocycles. The molecule has 7 nitrogen and oxygen atoms in total. The van der Waals surface area contributed by atoms with Crippen LogP contribution in [-0.2, 0) is 10.0 Å². The van der Waals surface area contributed by atoms with Crippen molar-refractivity contribution in [2.45, 2.75) is 38.0 Å². The Morgan fingerprint density at radius 2 is 1.81 bits per heavy atom. The molecule has 3 rings (SSSR count). The lowest BCUT2D eigenvalue weighted by Crippen LogP contribution is -2.50. The van der Waals surface area contributed by atoms with Gasteiger partial charge in [0.05, 0.1) is 10.6 Å². The van der Waals surface area contributed by atoms with E-state index in [2.05, 4.69) is 23.4 Å². The first-order valence-electron chi connectivity index (χ1n) is 9.03. The summed E-state index contributed by atoms with van der Waals surface area (Å²) in [4.78, 5) is 15.0. The zero-order valence-corrected chi connectivity index (χ0v) is 17.4. The summed E-state index contributed by atoms with van der Waals surface area (Å²) in [6.07, 6.45) is 1.01. The Bertz CT molecular complexity index is 901. The molecule has 1 aliphatic heterocycles. The molecular weight excluding hydrogens is 384 g/mol. The quantitative estimate of drug-likeness (QED) is 0.759. The van der Waals surface area contributed by atoms with Crippen molar-refractivity contribution in [1.29, 1.82) is 0 Å². The van der Waals surface area contributed by atoms with Crippen LogP contribution in [0.1, 0.15) is 47.1 Å². The second-order valence-electron chi connectivity index (χ2n) is 6.76. The molecule has 1 saturated heterocycles. The molecule has 1 atom stereocenters. The van der Waals surface area contributed by atoms with Crippen LogP contribution in [-0.4, -0.2) is 59.3 Å². The van der Waals surface area contributed by atoms with Gasteiger partial charge in [0.2, 0.25) is 10.0 Å². The van der Waals surface area contributed by atoms with Gasteiger partial charge < -0.3 is 4.90 Å². The van der Waals surface area contributed by atoms with Gasteiger partial charge in [0.1, 0.15) is 4.88 Å². The largest absolute Gasteiger partial charge is 0.335 e. The third-order valence-corrected chi connectivity index (χ3v) is 7.80. The number of hydrogen-bond acceptors (Lipinski definition) is 6. The summed E-state index contributed by atoms with van der Waals surface area (Å²) in [5.41, 5.74) is 1.75. The lowest BCUT2D eigenvalue weighted by Gasteiger charge is -2.33. The van der Waals surface area contributed by atoms with Crippen LogP contribution in [0.2, 0.25) is 0 Å². The van der Waals surface area contributed by atoms with Crippen molar-refractivity contribution >= 4 is 27.5 Å². The van der Waals surface area contributed by atoms with E-state index >= 15 is 0 Å². The number of rotatable bonds is 5. The molecular formula is C18H24N4O3S2. The predicted octanol–water partition coefficient (Wildman–Crippen LogP) is 2.51. The van der Waals surface area contributed by atoms with Crippen molar-refractivity contribution in [2.75, 3.05) is 26.2 Å². The van der Waals surface area contributed by atoms with Gasteiger partial charge in [-0.3, -0.25) is 4.79 Å². The van der Waals surface area contributed by atoms with Gasteiger partial charge >= 0.3 is 0 Å². The van der Waals surface area contributed by atoms with E-state index in [0.717, 1.165) is 23.5 Å². The number of hydrogen-bond donors (Lipinski definition) is 0. The molecule has 0 spiro atoms. The number of nitrogens with zero attached hydrogens (tertiary/aromatic N) is 4. The molecule has 0 radical (unpaired) electrons. The summed E-state index contributed by atoms with van der Waals surface area (Å²) in [5.74, 6) is 0.276. The average Bonchev–Trinajstić information content (AvgIpc) is 3.13. The maximum atomic E-state index is 12.9. The molecule has 1 aliphatic rings. The third kappa shape index (κ3) is 4.04. The topological polar surface area (TPSA) is 83.5 Å². The SMILES string of the molecule is CCC(C)c1ccc(S(=O)(=O)N2CCN(C(=O)c3snnc3C)CC2)cc1. The molecule has 2 heterocycles. The number of piperazine rings is 1. The predicted molar refractivity (Wildman–Crippen MR) is 104 cm³/mol. The highest BCUT2D eigenvalue weighted by Crippen LogP contribution is 2.23. The fourth-order valence-corrected chi connectivity index (χ4v) is 5.10. The van der Waals surface area contributed by atoms with Crippen LogP contribution in [0.3, 0.4) is 0 Å². The van der Waals surface area contributed by atoms with E-state index in [9.17, 15) is 13.2 Å². The Balaban J connectivity index is 1.68. The van der Waals surface area contributed by atoms with Gasteiger partial charge in [-0.1, -0.05) is 30.5 Å². The smallest absolute Gasteiger partial charge is 0.267 e. The van der Waals surface area contributed by atoms with E-state index in [1.54, 1.807) is 24.0 Å². The minimum absolute atomic E-state index is 0.127. The van der Waals surface area contributed by atoms with Crippen molar-refractivity contribution < 1.29 is 13.2 Å². The first-order valence-corrected chi connectivity index (χ1v) is 11.2. The normalized spacial score (nSPS) is 17.1. The second kappa shape index (κ2) is 8.04. The summed E-state index contributed by atoms with van der Waals surface area (Å²) < 4.78 is 31.0. The van der Waals surface area contributed by atoms with Crippen LogP contribution < -0.4 is 0 Å². The van der Waals surface area contributed by atoms with Gasteiger partial charge in [-0.25, -0.2) is 8.42 Å². The van der Waals surface area contributed by atoms with Crippen LogP contribution >= 0.6 is 11.5 Å². The average molecular weight is 409 g/mol. The highest BCUT2D eigenvalue weighted by Gasteiger charge is 2.31. The lowest BCUT2D eigenvalue weighted by molar-refractivity contribution is 0.0702. The van der Waals surface area contributed by atoms with Crippen LogP contribution in [0.25, 0.3) is 0 Å². The van der Waals surface area contributed by atoms with Crippen LogP contribution in [0, 0.1) is 6.92 Å². The lowest BCUT2D eigenvalue weighted by atomic mass is 9.99. The molecule has 146 valence electrons. The first-order chi connectivity index (χ1) is 12.8. The molecule has 9 heteroatoms. The summed E-state index contributed by atoms with van der Waals surface area (Å²) >= 11 is 1.08. The molecule has 1 unspecified atom stereocenters. The maximum Gasteiger partial charge on any atom is 0.267 e. The van der Waals surface area contributed by atoms with Crippen molar-refractivity contribution in [3.05, 3.63) is 40.4 Å². The van der Waals surface area contributed by atoms with E-state index in [-0.39, 0.29) is 19.0 Å². The minimum Gasteiger partial charge on any atom is -0.335 e. The van der Waals surface area contributed by atoms with E-state index in [1.165, 1.54) is 4.31 Å². The Morgan fingerprint density at radius 3 is 2.33 bits per heavy atom. The van der Waals surface area contributed by atoms with E-state index in [4.69, 9.17) is 0 Å². The molecule has 1 amide bonds. The second-order valence-corrected chi connectivity index (χ2v) is 9.45. The molecule has 2 aromatic rings. The molecule has 1 aromatic carbocycles. The zero-order chi connectivity index (χ0) is 19.6. The Labute approximate surface area is 164 Å². The molecule has 0 bridgehead atoms. The van der Waals surface area contributed by atoms with E-state index < -0.39 is 10.0 Å². The summed E-state index contributed by atoms with van der Waals surface area (Å²) in [6, 6.07) is 7.14. The van der Waals surface area contributed by atoms with Crippen molar-refractivity contribution in [1.82, 2.24) is 18.8 Å². The molecule has 1 fully saturated rings. The summed E-state index contributed by atoms with van der Waals surface area (Å²) in [6.45, 7) is 7.28. The van der Waals surface area contributed by atoms with E-state index in [0.29, 0.717) is 34.5 Å². The standard InChI is InChI=1S/C18H24N4O3S2/c1-4-13(2)15-5-7-16(8-6-15)27(24,25)22-11-9-21(10-12-22)18(23)17-14(3)19-20-26-17/h5-8,13H,4,9-12H2,1-3H3. The maximum absolute atomic E-state index is 12.9. The van der Waals surface area contributed by atoms with E-state index in [1.807, 2.05) is 12.1 Å². The summed E-state index contributed by atoms with van der Waals surface area (Å²) in [7, 11) is -3.55. The van der Waals surface area contributed by atoms with Gasteiger partial charge in [-0.15, -0.1) is 5.10 Å². The minimum atomic E-state index is -3.55. The van der Waals surface area contributed by atoms with Crippen LogP contribution in [0.15, 0.2) is 29.2 Å². The number of benzene rings is 1. The zero-order valence-electron chi connectivity index (χ0n) is 15.8. The molecule has 0 N–H and O–H groups in total. The highest BCUT2D eigenvalue weighted by atomic mass is 32.2. The number of sulfonamides is 1. The molecule has 0 saturated carbocycles. The summed E-state index contributed by atoms with van der Waals surface area (Å²) in [5, 5.41) is 3.87. The Morgan fingerprint density at radius 1 is 1.19 bits per heavy atom. The Hall–Kier alpha value is -1.84. The number of amides is 1. The highest BCUT2D eigenvalue weighted by molar-refractivity contribution is 7.89. The van der Waals surface area contributed by atoms with Gasteiger partial charge in [0, 0.05) is 26.2 Å².